The minimum Gasteiger partial charge on any atom is -0.335 e. The predicted molar refractivity (Wildman–Crippen MR) is 95.8 cm³/mol. The Morgan fingerprint density at radius 3 is 2.67 bits per heavy atom. The van der Waals surface area contributed by atoms with Crippen molar-refractivity contribution in [2.75, 3.05) is 6.54 Å². The molecule has 4 heteroatoms. The van der Waals surface area contributed by atoms with Gasteiger partial charge in [-0.25, -0.2) is 0 Å². The van der Waals surface area contributed by atoms with Crippen LogP contribution in [0.1, 0.15) is 28.4 Å². The van der Waals surface area contributed by atoms with E-state index < -0.39 is 0 Å². The van der Waals surface area contributed by atoms with E-state index in [1.165, 1.54) is 5.56 Å². The summed E-state index contributed by atoms with van der Waals surface area (Å²) in [5.41, 5.74) is 3.01. The quantitative estimate of drug-likeness (QED) is 0.652. The monoisotopic (exact) mass is 413 g/mol. The van der Waals surface area contributed by atoms with Crippen molar-refractivity contribution in [1.29, 1.82) is 0 Å². The van der Waals surface area contributed by atoms with Gasteiger partial charge < -0.3 is 4.90 Å². The Hall–Kier alpha value is -1.07. The Morgan fingerprint density at radius 1 is 1.24 bits per heavy atom. The normalized spacial score (nSPS) is 10.5. The fourth-order valence-corrected chi connectivity index (χ4v) is 2.93. The number of benzene rings is 2. The molecule has 0 atom stereocenters. The van der Waals surface area contributed by atoms with Crippen LogP contribution in [-0.4, -0.2) is 17.4 Å². The zero-order valence-electron chi connectivity index (χ0n) is 12.1. The van der Waals surface area contributed by atoms with Gasteiger partial charge in [0.15, 0.2) is 0 Å². The summed E-state index contributed by atoms with van der Waals surface area (Å²) < 4.78 is 0.921. The summed E-state index contributed by atoms with van der Waals surface area (Å²) in [4.78, 5) is 14.5. The van der Waals surface area contributed by atoms with Gasteiger partial charge in [0.05, 0.1) is 5.56 Å². The Bertz CT molecular complexity index is 657. The molecule has 0 heterocycles. The van der Waals surface area contributed by atoms with Gasteiger partial charge in [-0.2, -0.15) is 0 Å². The molecule has 2 aromatic rings. The van der Waals surface area contributed by atoms with Crippen LogP contribution in [0.15, 0.2) is 42.5 Å². The van der Waals surface area contributed by atoms with Crippen molar-refractivity contribution in [3.8, 4) is 0 Å². The molecule has 0 aromatic heterocycles. The Kier molecular flexibility index (Phi) is 5.65. The molecule has 0 N–H and O–H groups in total. The predicted octanol–water partition coefficient (Wildman–Crippen LogP) is 4.92. The lowest BCUT2D eigenvalue weighted by atomic mass is 10.1. The average molecular weight is 414 g/mol. The van der Waals surface area contributed by atoms with Crippen LogP contribution in [0.5, 0.6) is 0 Å². The smallest absolute Gasteiger partial charge is 0.255 e. The van der Waals surface area contributed by atoms with Crippen molar-refractivity contribution < 1.29 is 4.79 Å². The first-order valence-corrected chi connectivity index (χ1v) is 8.26. The molecular formula is C17H17ClINO. The molecule has 0 aliphatic rings. The second-order valence-corrected chi connectivity index (χ2v) is 6.53. The molecular weight excluding hydrogens is 397 g/mol. The summed E-state index contributed by atoms with van der Waals surface area (Å²) in [6.45, 7) is 5.32. The van der Waals surface area contributed by atoms with Gasteiger partial charge >= 0.3 is 0 Å². The second-order valence-electron chi connectivity index (χ2n) is 4.93. The highest BCUT2D eigenvalue weighted by Gasteiger charge is 2.17. The van der Waals surface area contributed by atoms with Gasteiger partial charge in [-0.15, -0.1) is 0 Å². The maximum absolute atomic E-state index is 12.7. The lowest BCUT2D eigenvalue weighted by molar-refractivity contribution is 0.0751. The molecule has 0 fully saturated rings. The Labute approximate surface area is 144 Å². The number of carbonyl (C=O) groups excluding carboxylic acids is 1. The number of halogens is 2. The van der Waals surface area contributed by atoms with E-state index in [9.17, 15) is 4.79 Å². The first-order valence-electron chi connectivity index (χ1n) is 6.81. The highest BCUT2D eigenvalue weighted by molar-refractivity contribution is 14.1. The summed E-state index contributed by atoms with van der Waals surface area (Å²) in [6.07, 6.45) is 0. The minimum absolute atomic E-state index is 0.0194. The highest BCUT2D eigenvalue weighted by Crippen LogP contribution is 2.20. The molecule has 1 amide bonds. The third kappa shape index (κ3) is 4.20. The molecule has 0 unspecified atom stereocenters. The van der Waals surface area contributed by atoms with Crippen molar-refractivity contribution in [1.82, 2.24) is 4.90 Å². The fourth-order valence-electron chi connectivity index (χ4n) is 2.19. The van der Waals surface area contributed by atoms with Crippen molar-refractivity contribution in [3.05, 3.63) is 67.7 Å². The van der Waals surface area contributed by atoms with Gasteiger partial charge in [0.1, 0.15) is 0 Å². The van der Waals surface area contributed by atoms with Gasteiger partial charge in [0, 0.05) is 21.7 Å². The number of carbonyl (C=O) groups is 1. The van der Waals surface area contributed by atoms with Crippen LogP contribution in [0.2, 0.25) is 5.02 Å². The number of nitrogens with zero attached hydrogens (tertiary/aromatic N) is 1. The van der Waals surface area contributed by atoms with E-state index in [0.717, 1.165) is 9.13 Å². The summed E-state index contributed by atoms with van der Waals surface area (Å²) >= 11 is 8.19. The standard InChI is InChI=1S/C17H17ClINO/c1-3-20(11-13-6-4-5-12(2)9-13)17(21)15-10-14(18)7-8-16(15)19/h4-10H,3,11H2,1-2H3. The van der Waals surface area contributed by atoms with Gasteiger partial charge in [0.2, 0.25) is 0 Å². The van der Waals surface area contributed by atoms with Crippen molar-refractivity contribution in [2.24, 2.45) is 0 Å². The molecule has 2 rings (SSSR count). The maximum Gasteiger partial charge on any atom is 0.255 e. The molecule has 0 aliphatic carbocycles. The third-order valence-corrected chi connectivity index (χ3v) is 4.46. The van der Waals surface area contributed by atoms with Crippen molar-refractivity contribution >= 4 is 40.1 Å². The van der Waals surface area contributed by atoms with Crippen LogP contribution in [-0.2, 0) is 6.54 Å². The van der Waals surface area contributed by atoms with Crippen LogP contribution < -0.4 is 0 Å². The number of hydrogen-bond acceptors (Lipinski definition) is 1. The molecule has 0 saturated heterocycles. The number of aryl methyl sites for hydroxylation is 1. The summed E-state index contributed by atoms with van der Waals surface area (Å²) in [7, 11) is 0. The van der Waals surface area contributed by atoms with E-state index in [1.807, 2.05) is 30.0 Å². The van der Waals surface area contributed by atoms with Crippen LogP contribution in [0.25, 0.3) is 0 Å². The van der Waals surface area contributed by atoms with E-state index in [-0.39, 0.29) is 5.91 Å². The van der Waals surface area contributed by atoms with Gasteiger partial charge in [0.25, 0.3) is 5.91 Å². The molecule has 2 aromatic carbocycles. The molecule has 110 valence electrons. The van der Waals surface area contributed by atoms with Gasteiger partial charge in [-0.3, -0.25) is 4.79 Å². The lowest BCUT2D eigenvalue weighted by Crippen LogP contribution is -2.30. The van der Waals surface area contributed by atoms with Crippen molar-refractivity contribution in [3.63, 3.8) is 0 Å². The molecule has 0 saturated carbocycles. The van der Waals surface area contributed by atoms with E-state index in [2.05, 4.69) is 41.6 Å². The van der Waals surface area contributed by atoms with Gasteiger partial charge in [-0.1, -0.05) is 41.4 Å². The zero-order chi connectivity index (χ0) is 15.4. The number of rotatable bonds is 4. The SMILES string of the molecule is CCN(Cc1cccc(C)c1)C(=O)c1cc(Cl)ccc1I. The van der Waals surface area contributed by atoms with E-state index >= 15 is 0 Å². The summed E-state index contributed by atoms with van der Waals surface area (Å²) in [5.74, 6) is 0.0194. The van der Waals surface area contributed by atoms with E-state index in [4.69, 9.17) is 11.6 Å². The molecule has 21 heavy (non-hydrogen) atoms. The fraction of sp³-hybridized carbons (Fsp3) is 0.235. The first kappa shape index (κ1) is 16.3. The highest BCUT2D eigenvalue weighted by atomic mass is 127. The van der Waals surface area contributed by atoms with Crippen LogP contribution in [0.4, 0.5) is 0 Å². The molecule has 0 spiro atoms. The topological polar surface area (TPSA) is 20.3 Å². The largest absolute Gasteiger partial charge is 0.335 e. The average Bonchev–Trinajstić information content (AvgIpc) is 2.46. The van der Waals surface area contributed by atoms with Crippen LogP contribution in [0, 0.1) is 10.5 Å². The minimum atomic E-state index is 0.0194. The molecule has 0 bridgehead atoms. The zero-order valence-corrected chi connectivity index (χ0v) is 15.0. The summed E-state index contributed by atoms with van der Waals surface area (Å²) in [5, 5.41) is 0.588. The van der Waals surface area contributed by atoms with Crippen LogP contribution in [0.3, 0.4) is 0 Å². The third-order valence-electron chi connectivity index (χ3n) is 3.28. The van der Waals surface area contributed by atoms with E-state index in [0.29, 0.717) is 23.7 Å². The van der Waals surface area contributed by atoms with Crippen molar-refractivity contribution in [2.45, 2.75) is 20.4 Å². The second kappa shape index (κ2) is 7.27. The Balaban J connectivity index is 2.24. The molecule has 0 aliphatic heterocycles. The first-order chi connectivity index (χ1) is 10.0. The number of hydrogen-bond donors (Lipinski definition) is 0. The van der Waals surface area contributed by atoms with E-state index in [1.54, 1.807) is 12.1 Å². The Morgan fingerprint density at radius 2 is 2.00 bits per heavy atom. The van der Waals surface area contributed by atoms with Crippen LogP contribution >= 0.6 is 34.2 Å². The number of amides is 1. The lowest BCUT2D eigenvalue weighted by Gasteiger charge is -2.22. The maximum atomic E-state index is 12.7. The summed E-state index contributed by atoms with van der Waals surface area (Å²) in [6, 6.07) is 13.6. The molecule has 2 nitrogen and oxygen atoms in total. The van der Waals surface area contributed by atoms with Gasteiger partial charge in [-0.05, 0) is 60.2 Å². The molecule has 0 radical (unpaired) electrons.